The molecular weight excluding hydrogens is 154 g/mol. The number of aromatic nitrogens is 1. The van der Waals surface area contributed by atoms with Gasteiger partial charge in [-0.05, 0) is 19.1 Å². The molecule has 0 aromatic carbocycles. The number of esters is 1. The number of ether oxygens (including phenoxy) is 1. The Balaban J connectivity index is 2.65. The Kier molecular flexibility index (Phi) is 2.80. The second-order valence-electron chi connectivity index (χ2n) is 2.51. The Morgan fingerprint density at radius 2 is 2.33 bits per heavy atom. The molecule has 0 aliphatic rings. The molecule has 0 aliphatic carbocycles. The Hall–Kier alpha value is -1.38. The molecule has 0 N–H and O–H groups in total. The zero-order valence-electron chi connectivity index (χ0n) is 7.15. The van der Waals surface area contributed by atoms with Gasteiger partial charge in [-0.2, -0.15) is 0 Å². The topological polar surface area (TPSA) is 39.2 Å². The first-order valence-corrected chi connectivity index (χ1v) is 3.78. The highest BCUT2D eigenvalue weighted by atomic mass is 16.5. The van der Waals surface area contributed by atoms with E-state index in [0.29, 0.717) is 0 Å². The van der Waals surface area contributed by atoms with Gasteiger partial charge in [-0.1, -0.05) is 6.07 Å². The van der Waals surface area contributed by atoms with Crippen molar-refractivity contribution in [2.24, 2.45) is 0 Å². The number of pyridine rings is 1. The molecule has 1 unspecified atom stereocenters. The first kappa shape index (κ1) is 8.71. The fourth-order valence-electron chi connectivity index (χ4n) is 0.926. The van der Waals surface area contributed by atoms with Crippen molar-refractivity contribution in [2.45, 2.75) is 20.0 Å². The fourth-order valence-corrected chi connectivity index (χ4v) is 0.926. The number of rotatable bonds is 2. The van der Waals surface area contributed by atoms with Crippen LogP contribution in [0.4, 0.5) is 0 Å². The molecule has 0 aliphatic heterocycles. The zero-order chi connectivity index (χ0) is 8.97. The summed E-state index contributed by atoms with van der Waals surface area (Å²) in [6.45, 7) is 3.18. The minimum Gasteiger partial charge on any atom is -0.456 e. The Bertz CT molecular complexity index is 258. The van der Waals surface area contributed by atoms with Crippen LogP contribution in [0.15, 0.2) is 24.4 Å². The second-order valence-corrected chi connectivity index (χ2v) is 2.51. The predicted molar refractivity (Wildman–Crippen MR) is 44.4 cm³/mol. The van der Waals surface area contributed by atoms with E-state index < -0.39 is 0 Å². The monoisotopic (exact) mass is 165 g/mol. The highest BCUT2D eigenvalue weighted by Gasteiger charge is 2.07. The van der Waals surface area contributed by atoms with Gasteiger partial charge in [-0.25, -0.2) is 0 Å². The molecule has 1 rings (SSSR count). The Morgan fingerprint density at radius 3 is 2.83 bits per heavy atom. The average molecular weight is 165 g/mol. The van der Waals surface area contributed by atoms with Crippen LogP contribution in [0.25, 0.3) is 0 Å². The van der Waals surface area contributed by atoms with Crippen LogP contribution in [0.2, 0.25) is 0 Å². The van der Waals surface area contributed by atoms with E-state index in [1.54, 1.807) is 13.1 Å². The molecule has 0 saturated carbocycles. The Labute approximate surface area is 71.4 Å². The summed E-state index contributed by atoms with van der Waals surface area (Å²) in [6.07, 6.45) is 1.42. The van der Waals surface area contributed by atoms with Crippen molar-refractivity contribution in [1.29, 1.82) is 0 Å². The van der Waals surface area contributed by atoms with Crippen molar-refractivity contribution in [2.75, 3.05) is 0 Å². The summed E-state index contributed by atoms with van der Waals surface area (Å²) in [5, 5.41) is 0. The zero-order valence-corrected chi connectivity index (χ0v) is 7.15. The molecule has 12 heavy (non-hydrogen) atoms. The molecule has 3 heteroatoms. The minimum atomic E-state index is -0.284. The third-order valence-corrected chi connectivity index (χ3v) is 1.45. The largest absolute Gasteiger partial charge is 0.456 e. The van der Waals surface area contributed by atoms with Gasteiger partial charge in [-0.3, -0.25) is 9.78 Å². The van der Waals surface area contributed by atoms with E-state index in [-0.39, 0.29) is 12.1 Å². The third-order valence-electron chi connectivity index (χ3n) is 1.45. The van der Waals surface area contributed by atoms with Crippen LogP contribution in [-0.4, -0.2) is 11.0 Å². The molecule has 0 saturated heterocycles. The third kappa shape index (κ3) is 2.34. The molecule has 0 bridgehead atoms. The number of carbonyl (C=O) groups is 1. The smallest absolute Gasteiger partial charge is 0.303 e. The van der Waals surface area contributed by atoms with Gasteiger partial charge in [0.25, 0.3) is 0 Å². The molecule has 1 atom stereocenters. The standard InChI is InChI=1S/C9H11NO2/c1-7(12-8(2)11)9-5-3-4-6-10-9/h3-7H,1-2H3. The van der Waals surface area contributed by atoms with Crippen molar-refractivity contribution in [3.63, 3.8) is 0 Å². The maximum Gasteiger partial charge on any atom is 0.303 e. The van der Waals surface area contributed by atoms with E-state index in [0.717, 1.165) is 5.69 Å². The second kappa shape index (κ2) is 3.85. The summed E-state index contributed by atoms with van der Waals surface area (Å²) in [7, 11) is 0. The molecule has 1 aromatic heterocycles. The molecule has 64 valence electrons. The van der Waals surface area contributed by atoms with Crippen LogP contribution in [0.3, 0.4) is 0 Å². The lowest BCUT2D eigenvalue weighted by Gasteiger charge is -2.09. The van der Waals surface area contributed by atoms with E-state index >= 15 is 0 Å². The first-order valence-electron chi connectivity index (χ1n) is 3.78. The van der Waals surface area contributed by atoms with Crippen molar-refractivity contribution in [3.05, 3.63) is 30.1 Å². The lowest BCUT2D eigenvalue weighted by atomic mass is 10.2. The summed E-state index contributed by atoms with van der Waals surface area (Å²) in [5.74, 6) is -0.284. The van der Waals surface area contributed by atoms with Crippen LogP contribution in [0.5, 0.6) is 0 Å². The van der Waals surface area contributed by atoms with Gasteiger partial charge in [-0.15, -0.1) is 0 Å². The summed E-state index contributed by atoms with van der Waals surface area (Å²) in [4.78, 5) is 14.6. The van der Waals surface area contributed by atoms with Gasteiger partial charge in [0.05, 0.1) is 5.69 Å². The highest BCUT2D eigenvalue weighted by molar-refractivity contribution is 5.66. The number of hydrogen-bond acceptors (Lipinski definition) is 3. The van der Waals surface area contributed by atoms with Gasteiger partial charge in [0, 0.05) is 13.1 Å². The van der Waals surface area contributed by atoms with Crippen LogP contribution in [-0.2, 0) is 9.53 Å². The molecule has 0 radical (unpaired) electrons. The van der Waals surface area contributed by atoms with E-state index in [2.05, 4.69) is 4.98 Å². The first-order chi connectivity index (χ1) is 5.70. The van der Waals surface area contributed by atoms with E-state index in [1.165, 1.54) is 6.92 Å². The summed E-state index contributed by atoms with van der Waals surface area (Å²) in [5.41, 5.74) is 0.771. The molecule has 1 heterocycles. The van der Waals surface area contributed by atoms with Gasteiger partial charge in [0.1, 0.15) is 6.10 Å². The number of nitrogens with zero attached hydrogens (tertiary/aromatic N) is 1. The van der Waals surface area contributed by atoms with Crippen LogP contribution < -0.4 is 0 Å². The fraction of sp³-hybridized carbons (Fsp3) is 0.333. The maximum absolute atomic E-state index is 10.6. The summed E-state index contributed by atoms with van der Waals surface area (Å²) < 4.78 is 4.93. The summed E-state index contributed by atoms with van der Waals surface area (Å²) >= 11 is 0. The van der Waals surface area contributed by atoms with Gasteiger partial charge >= 0.3 is 5.97 Å². The van der Waals surface area contributed by atoms with Gasteiger partial charge in [0.2, 0.25) is 0 Å². The lowest BCUT2D eigenvalue weighted by molar-refractivity contribution is -0.145. The predicted octanol–water partition coefficient (Wildman–Crippen LogP) is 1.71. The molecule has 0 spiro atoms. The molecule has 0 fully saturated rings. The minimum absolute atomic E-state index is 0.260. The number of carbonyl (C=O) groups excluding carboxylic acids is 1. The Morgan fingerprint density at radius 1 is 1.58 bits per heavy atom. The SMILES string of the molecule is CC(=O)OC(C)c1ccccn1. The van der Waals surface area contributed by atoms with Gasteiger partial charge in [0.15, 0.2) is 0 Å². The normalized spacial score (nSPS) is 12.2. The van der Waals surface area contributed by atoms with Crippen LogP contribution >= 0.6 is 0 Å². The van der Waals surface area contributed by atoms with Crippen LogP contribution in [0, 0.1) is 0 Å². The maximum atomic E-state index is 10.6. The van der Waals surface area contributed by atoms with Crippen molar-refractivity contribution < 1.29 is 9.53 Å². The van der Waals surface area contributed by atoms with Crippen molar-refractivity contribution in [1.82, 2.24) is 4.98 Å². The molecular formula is C9H11NO2. The van der Waals surface area contributed by atoms with E-state index in [4.69, 9.17) is 4.74 Å². The van der Waals surface area contributed by atoms with Crippen molar-refractivity contribution >= 4 is 5.97 Å². The van der Waals surface area contributed by atoms with Crippen LogP contribution in [0.1, 0.15) is 25.6 Å². The van der Waals surface area contributed by atoms with E-state index in [9.17, 15) is 4.79 Å². The quantitative estimate of drug-likeness (QED) is 0.626. The molecule has 1 aromatic rings. The highest BCUT2D eigenvalue weighted by Crippen LogP contribution is 2.12. The van der Waals surface area contributed by atoms with Gasteiger partial charge < -0.3 is 4.74 Å². The molecule has 3 nitrogen and oxygen atoms in total. The lowest BCUT2D eigenvalue weighted by Crippen LogP contribution is -2.05. The molecule has 0 amide bonds. The average Bonchev–Trinajstić information content (AvgIpc) is 2.05. The summed E-state index contributed by atoms with van der Waals surface area (Å²) in [6, 6.07) is 5.51. The van der Waals surface area contributed by atoms with E-state index in [1.807, 2.05) is 18.2 Å². The number of hydrogen-bond donors (Lipinski definition) is 0. The van der Waals surface area contributed by atoms with Crippen molar-refractivity contribution in [3.8, 4) is 0 Å².